The van der Waals surface area contributed by atoms with E-state index in [0.29, 0.717) is 12.1 Å². The number of piperidine rings is 1. The third kappa shape index (κ3) is 2.41. The van der Waals surface area contributed by atoms with Crippen molar-refractivity contribution in [3.05, 3.63) is 0 Å². The molecule has 0 aromatic rings. The lowest BCUT2D eigenvalue weighted by Crippen LogP contribution is -2.45. The topological polar surface area (TPSA) is 35.5 Å². The molecule has 92 valence electrons. The first-order valence-electron chi connectivity index (χ1n) is 7.00. The lowest BCUT2D eigenvalue weighted by molar-refractivity contribution is 0.0350. The number of aliphatic hydroxyl groups excluding tert-OH is 1. The first kappa shape index (κ1) is 11.0. The van der Waals surface area contributed by atoms with Crippen molar-refractivity contribution in [2.75, 3.05) is 13.1 Å². The Morgan fingerprint density at radius 1 is 1.06 bits per heavy atom. The molecule has 16 heavy (non-hydrogen) atoms. The molecule has 2 saturated heterocycles. The molecule has 2 bridgehead atoms. The molecule has 0 spiro atoms. The Labute approximate surface area is 98.2 Å². The zero-order valence-corrected chi connectivity index (χ0v) is 10.1. The summed E-state index contributed by atoms with van der Waals surface area (Å²) in [5.74, 6) is 0. The number of fused-ring (bicyclic) bond motifs is 2. The van der Waals surface area contributed by atoms with Crippen molar-refractivity contribution in [3.63, 3.8) is 0 Å². The van der Waals surface area contributed by atoms with Crippen LogP contribution in [0, 0.1) is 0 Å². The third-order valence-electron chi connectivity index (χ3n) is 4.46. The van der Waals surface area contributed by atoms with Gasteiger partial charge in [-0.1, -0.05) is 0 Å². The molecular weight excluding hydrogens is 200 g/mol. The summed E-state index contributed by atoms with van der Waals surface area (Å²) in [6.45, 7) is 2.42. The minimum atomic E-state index is -0.0154. The Morgan fingerprint density at radius 2 is 1.75 bits per heavy atom. The van der Waals surface area contributed by atoms with E-state index in [9.17, 15) is 5.11 Å². The van der Waals surface area contributed by atoms with Gasteiger partial charge in [-0.05, 0) is 58.0 Å². The van der Waals surface area contributed by atoms with Crippen LogP contribution in [0.15, 0.2) is 0 Å². The van der Waals surface area contributed by atoms with Crippen molar-refractivity contribution in [1.29, 1.82) is 0 Å². The second kappa shape index (κ2) is 4.63. The van der Waals surface area contributed by atoms with Gasteiger partial charge in [0.25, 0.3) is 0 Å². The Kier molecular flexibility index (Phi) is 3.18. The molecule has 0 aromatic carbocycles. The Hall–Kier alpha value is -0.120. The first-order chi connectivity index (χ1) is 7.83. The molecule has 3 heteroatoms. The van der Waals surface area contributed by atoms with Gasteiger partial charge in [-0.15, -0.1) is 0 Å². The van der Waals surface area contributed by atoms with Gasteiger partial charge < -0.3 is 10.4 Å². The molecule has 2 N–H and O–H groups in total. The van der Waals surface area contributed by atoms with E-state index in [0.717, 1.165) is 18.9 Å². The van der Waals surface area contributed by atoms with Crippen molar-refractivity contribution in [2.45, 2.75) is 69.2 Å². The van der Waals surface area contributed by atoms with Gasteiger partial charge >= 0.3 is 0 Å². The van der Waals surface area contributed by atoms with E-state index in [1.165, 1.54) is 45.2 Å². The maximum absolute atomic E-state index is 9.72. The van der Waals surface area contributed by atoms with Crippen LogP contribution in [0.1, 0.15) is 44.9 Å². The number of hydrogen-bond acceptors (Lipinski definition) is 3. The van der Waals surface area contributed by atoms with Crippen molar-refractivity contribution in [2.24, 2.45) is 0 Å². The maximum Gasteiger partial charge on any atom is 0.0570 e. The van der Waals surface area contributed by atoms with Crippen LogP contribution in [0.4, 0.5) is 0 Å². The molecule has 2 atom stereocenters. The number of nitrogens with zero attached hydrogens (tertiary/aromatic N) is 1. The SMILES string of the molecule is OC1CC2CCC(C1)N2CCCNC1CC1. The van der Waals surface area contributed by atoms with Crippen molar-refractivity contribution < 1.29 is 5.11 Å². The normalized spacial score (nSPS) is 39.2. The molecule has 2 aliphatic heterocycles. The minimum Gasteiger partial charge on any atom is -0.393 e. The highest BCUT2D eigenvalue weighted by molar-refractivity contribution is 4.95. The number of rotatable bonds is 5. The Balaban J connectivity index is 1.40. The van der Waals surface area contributed by atoms with Crippen LogP contribution in [-0.2, 0) is 0 Å². The van der Waals surface area contributed by atoms with E-state index in [-0.39, 0.29) is 6.10 Å². The zero-order valence-electron chi connectivity index (χ0n) is 10.1. The largest absolute Gasteiger partial charge is 0.393 e. The van der Waals surface area contributed by atoms with E-state index >= 15 is 0 Å². The number of hydrogen-bond donors (Lipinski definition) is 2. The Morgan fingerprint density at radius 3 is 2.38 bits per heavy atom. The molecule has 1 saturated carbocycles. The number of aliphatic hydroxyl groups is 1. The quantitative estimate of drug-likeness (QED) is 0.687. The van der Waals surface area contributed by atoms with Crippen LogP contribution < -0.4 is 5.32 Å². The van der Waals surface area contributed by atoms with Crippen LogP contribution >= 0.6 is 0 Å². The summed E-state index contributed by atoms with van der Waals surface area (Å²) in [4.78, 5) is 2.67. The molecule has 2 heterocycles. The standard InChI is InChI=1S/C13H24N2O/c16-13-8-11-4-5-12(9-13)15(11)7-1-6-14-10-2-3-10/h10-14,16H,1-9H2. The van der Waals surface area contributed by atoms with Gasteiger partial charge in [0.15, 0.2) is 0 Å². The van der Waals surface area contributed by atoms with Crippen LogP contribution in [0.5, 0.6) is 0 Å². The molecule has 3 aliphatic rings. The lowest BCUT2D eigenvalue weighted by Gasteiger charge is -2.37. The van der Waals surface area contributed by atoms with Gasteiger partial charge in [0.2, 0.25) is 0 Å². The smallest absolute Gasteiger partial charge is 0.0570 e. The lowest BCUT2D eigenvalue weighted by atomic mass is 10.00. The highest BCUT2D eigenvalue weighted by Gasteiger charge is 2.39. The second-order valence-corrected chi connectivity index (χ2v) is 5.83. The van der Waals surface area contributed by atoms with Crippen molar-refractivity contribution in [1.82, 2.24) is 10.2 Å². The predicted octanol–water partition coefficient (Wildman–Crippen LogP) is 1.12. The van der Waals surface area contributed by atoms with Gasteiger partial charge in [-0.25, -0.2) is 0 Å². The summed E-state index contributed by atoms with van der Waals surface area (Å²) in [6, 6.07) is 2.23. The molecule has 0 aromatic heterocycles. The molecule has 3 rings (SSSR count). The molecule has 0 radical (unpaired) electrons. The van der Waals surface area contributed by atoms with Crippen LogP contribution in [-0.4, -0.2) is 47.3 Å². The second-order valence-electron chi connectivity index (χ2n) is 5.83. The third-order valence-corrected chi connectivity index (χ3v) is 4.46. The molecule has 2 unspecified atom stereocenters. The van der Waals surface area contributed by atoms with Crippen LogP contribution in [0.3, 0.4) is 0 Å². The number of nitrogens with one attached hydrogen (secondary N) is 1. The molecule has 0 amide bonds. The highest BCUT2D eigenvalue weighted by Crippen LogP contribution is 2.35. The van der Waals surface area contributed by atoms with E-state index < -0.39 is 0 Å². The summed E-state index contributed by atoms with van der Waals surface area (Å²) in [5.41, 5.74) is 0. The molecule has 3 nitrogen and oxygen atoms in total. The monoisotopic (exact) mass is 224 g/mol. The summed E-state index contributed by atoms with van der Waals surface area (Å²) in [7, 11) is 0. The van der Waals surface area contributed by atoms with Crippen molar-refractivity contribution in [3.8, 4) is 0 Å². The Bertz CT molecular complexity index is 228. The van der Waals surface area contributed by atoms with E-state index in [2.05, 4.69) is 10.2 Å². The predicted molar refractivity (Wildman–Crippen MR) is 64.4 cm³/mol. The van der Waals surface area contributed by atoms with Crippen LogP contribution in [0.2, 0.25) is 0 Å². The van der Waals surface area contributed by atoms with Crippen molar-refractivity contribution >= 4 is 0 Å². The van der Waals surface area contributed by atoms with Gasteiger partial charge in [0, 0.05) is 18.1 Å². The van der Waals surface area contributed by atoms with E-state index in [1.54, 1.807) is 0 Å². The fraction of sp³-hybridized carbons (Fsp3) is 1.00. The maximum atomic E-state index is 9.72. The minimum absolute atomic E-state index is 0.0154. The summed E-state index contributed by atoms with van der Waals surface area (Å²) >= 11 is 0. The highest BCUT2D eigenvalue weighted by atomic mass is 16.3. The fourth-order valence-electron chi connectivity index (χ4n) is 3.47. The van der Waals surface area contributed by atoms with Gasteiger partial charge in [-0.3, -0.25) is 4.90 Å². The average Bonchev–Trinajstić information content (AvgIpc) is 3.03. The molecule has 1 aliphatic carbocycles. The molecular formula is C13H24N2O. The van der Waals surface area contributed by atoms with E-state index in [1.807, 2.05) is 0 Å². The van der Waals surface area contributed by atoms with Gasteiger partial charge in [0.1, 0.15) is 0 Å². The molecule has 3 fully saturated rings. The zero-order chi connectivity index (χ0) is 11.0. The van der Waals surface area contributed by atoms with Crippen LogP contribution in [0.25, 0.3) is 0 Å². The fourth-order valence-corrected chi connectivity index (χ4v) is 3.47. The summed E-state index contributed by atoms with van der Waals surface area (Å²) < 4.78 is 0. The first-order valence-corrected chi connectivity index (χ1v) is 7.00. The van der Waals surface area contributed by atoms with Gasteiger partial charge in [0.05, 0.1) is 6.10 Å². The summed E-state index contributed by atoms with van der Waals surface area (Å²) in [6.07, 6.45) is 8.72. The average molecular weight is 224 g/mol. The van der Waals surface area contributed by atoms with Gasteiger partial charge in [-0.2, -0.15) is 0 Å². The summed E-state index contributed by atoms with van der Waals surface area (Å²) in [5, 5.41) is 13.3. The van der Waals surface area contributed by atoms with E-state index in [4.69, 9.17) is 0 Å².